The standard InChI is InChI=1S/C13H16O2/c1-15-13-4-2-3-11-9-10(7-8-14)5-6-12(11)13/h2-4,8,10H,5-7,9H2,1H3. The van der Waals surface area contributed by atoms with Crippen LogP contribution in [0.15, 0.2) is 18.2 Å². The molecule has 0 aromatic heterocycles. The Bertz CT molecular complexity index is 358. The molecule has 0 saturated carbocycles. The monoisotopic (exact) mass is 204 g/mol. The van der Waals surface area contributed by atoms with E-state index >= 15 is 0 Å². The fraction of sp³-hybridized carbons (Fsp3) is 0.462. The summed E-state index contributed by atoms with van der Waals surface area (Å²) in [4.78, 5) is 10.5. The normalized spacial score (nSPS) is 19.4. The Hall–Kier alpha value is -1.31. The zero-order chi connectivity index (χ0) is 10.7. The van der Waals surface area contributed by atoms with Crippen LogP contribution >= 0.6 is 0 Å². The van der Waals surface area contributed by atoms with E-state index in [0.717, 1.165) is 31.3 Å². The molecule has 0 fully saturated rings. The lowest BCUT2D eigenvalue weighted by Gasteiger charge is -2.24. The van der Waals surface area contributed by atoms with Crippen molar-refractivity contribution in [2.24, 2.45) is 5.92 Å². The molecule has 1 aliphatic rings. The zero-order valence-electron chi connectivity index (χ0n) is 9.03. The minimum absolute atomic E-state index is 0.530. The van der Waals surface area contributed by atoms with Gasteiger partial charge in [-0.15, -0.1) is 0 Å². The predicted octanol–water partition coefficient (Wildman–Crippen LogP) is 2.39. The van der Waals surface area contributed by atoms with E-state index in [9.17, 15) is 4.79 Å². The predicted molar refractivity (Wildman–Crippen MR) is 59.2 cm³/mol. The van der Waals surface area contributed by atoms with E-state index in [1.54, 1.807) is 7.11 Å². The van der Waals surface area contributed by atoms with Gasteiger partial charge < -0.3 is 9.53 Å². The Balaban J connectivity index is 2.23. The molecule has 1 atom stereocenters. The van der Waals surface area contributed by atoms with Crippen LogP contribution in [0, 0.1) is 5.92 Å². The first-order valence-electron chi connectivity index (χ1n) is 5.43. The summed E-state index contributed by atoms with van der Waals surface area (Å²) < 4.78 is 5.34. The van der Waals surface area contributed by atoms with Gasteiger partial charge in [-0.05, 0) is 42.4 Å². The molecule has 2 rings (SSSR count). The van der Waals surface area contributed by atoms with Crippen molar-refractivity contribution in [3.63, 3.8) is 0 Å². The van der Waals surface area contributed by atoms with Crippen LogP contribution in [0.4, 0.5) is 0 Å². The number of benzene rings is 1. The van der Waals surface area contributed by atoms with E-state index in [1.165, 1.54) is 11.1 Å². The molecule has 0 spiro atoms. The van der Waals surface area contributed by atoms with Gasteiger partial charge in [-0.1, -0.05) is 12.1 Å². The molecule has 1 aromatic carbocycles. The third-order valence-corrected chi connectivity index (χ3v) is 3.19. The SMILES string of the molecule is COc1cccc2c1CCC(CC=O)C2. The summed E-state index contributed by atoms with van der Waals surface area (Å²) in [6, 6.07) is 6.19. The Morgan fingerprint density at radius 2 is 2.40 bits per heavy atom. The lowest BCUT2D eigenvalue weighted by Crippen LogP contribution is -2.15. The highest BCUT2D eigenvalue weighted by atomic mass is 16.5. The summed E-state index contributed by atoms with van der Waals surface area (Å²) in [5, 5.41) is 0. The van der Waals surface area contributed by atoms with Crippen molar-refractivity contribution >= 4 is 6.29 Å². The molecule has 80 valence electrons. The van der Waals surface area contributed by atoms with E-state index in [2.05, 4.69) is 6.07 Å². The second-order valence-electron chi connectivity index (χ2n) is 4.11. The van der Waals surface area contributed by atoms with Gasteiger partial charge in [0, 0.05) is 6.42 Å². The summed E-state index contributed by atoms with van der Waals surface area (Å²) >= 11 is 0. The molecule has 1 aliphatic carbocycles. The number of methoxy groups -OCH3 is 1. The van der Waals surface area contributed by atoms with Crippen molar-refractivity contribution < 1.29 is 9.53 Å². The van der Waals surface area contributed by atoms with Crippen LogP contribution in [0.5, 0.6) is 5.75 Å². The third kappa shape index (κ3) is 2.04. The van der Waals surface area contributed by atoms with Gasteiger partial charge in [-0.3, -0.25) is 0 Å². The summed E-state index contributed by atoms with van der Waals surface area (Å²) in [5.74, 6) is 1.53. The van der Waals surface area contributed by atoms with Gasteiger partial charge in [0.25, 0.3) is 0 Å². The van der Waals surface area contributed by atoms with Gasteiger partial charge in [0.1, 0.15) is 12.0 Å². The fourth-order valence-corrected chi connectivity index (χ4v) is 2.38. The van der Waals surface area contributed by atoms with Gasteiger partial charge in [-0.2, -0.15) is 0 Å². The number of ether oxygens (including phenoxy) is 1. The minimum Gasteiger partial charge on any atom is -0.496 e. The average molecular weight is 204 g/mol. The highest BCUT2D eigenvalue weighted by Gasteiger charge is 2.20. The molecule has 0 N–H and O–H groups in total. The molecule has 0 aliphatic heterocycles. The lowest BCUT2D eigenvalue weighted by molar-refractivity contribution is -0.108. The molecular formula is C13H16O2. The van der Waals surface area contributed by atoms with E-state index in [-0.39, 0.29) is 0 Å². The Morgan fingerprint density at radius 1 is 1.53 bits per heavy atom. The molecule has 15 heavy (non-hydrogen) atoms. The van der Waals surface area contributed by atoms with Crippen LogP contribution < -0.4 is 4.74 Å². The Labute approximate surface area is 90.3 Å². The highest BCUT2D eigenvalue weighted by molar-refractivity contribution is 5.50. The van der Waals surface area contributed by atoms with Gasteiger partial charge in [0.05, 0.1) is 7.11 Å². The molecule has 0 bridgehead atoms. The number of hydrogen-bond donors (Lipinski definition) is 0. The summed E-state index contributed by atoms with van der Waals surface area (Å²) in [6.07, 6.45) is 4.89. The van der Waals surface area contributed by atoms with Crippen LogP contribution in [-0.2, 0) is 17.6 Å². The number of aldehydes is 1. The molecule has 0 heterocycles. The maximum atomic E-state index is 10.5. The molecule has 2 heteroatoms. The number of carbonyl (C=O) groups excluding carboxylic acids is 1. The smallest absolute Gasteiger partial charge is 0.122 e. The lowest BCUT2D eigenvalue weighted by atomic mass is 9.82. The van der Waals surface area contributed by atoms with E-state index in [1.807, 2.05) is 12.1 Å². The quantitative estimate of drug-likeness (QED) is 0.707. The largest absolute Gasteiger partial charge is 0.496 e. The van der Waals surface area contributed by atoms with Crippen LogP contribution in [-0.4, -0.2) is 13.4 Å². The van der Waals surface area contributed by atoms with Crippen molar-refractivity contribution in [2.45, 2.75) is 25.7 Å². The van der Waals surface area contributed by atoms with Crippen LogP contribution in [0.2, 0.25) is 0 Å². The molecule has 2 nitrogen and oxygen atoms in total. The van der Waals surface area contributed by atoms with Gasteiger partial charge in [0.2, 0.25) is 0 Å². The second kappa shape index (κ2) is 4.47. The van der Waals surface area contributed by atoms with E-state index in [0.29, 0.717) is 12.3 Å². The first-order chi connectivity index (χ1) is 7.35. The van der Waals surface area contributed by atoms with Crippen molar-refractivity contribution in [1.29, 1.82) is 0 Å². The number of carbonyl (C=O) groups is 1. The van der Waals surface area contributed by atoms with Crippen molar-refractivity contribution in [2.75, 3.05) is 7.11 Å². The number of hydrogen-bond acceptors (Lipinski definition) is 2. The number of fused-ring (bicyclic) bond motifs is 1. The Kier molecular flexibility index (Phi) is 3.05. The maximum Gasteiger partial charge on any atom is 0.122 e. The van der Waals surface area contributed by atoms with Gasteiger partial charge >= 0.3 is 0 Å². The third-order valence-electron chi connectivity index (χ3n) is 3.19. The first-order valence-corrected chi connectivity index (χ1v) is 5.43. The second-order valence-corrected chi connectivity index (χ2v) is 4.11. The van der Waals surface area contributed by atoms with Crippen molar-refractivity contribution in [3.8, 4) is 5.75 Å². The molecule has 1 unspecified atom stereocenters. The van der Waals surface area contributed by atoms with Gasteiger partial charge in [-0.25, -0.2) is 0 Å². The minimum atomic E-state index is 0.530. The highest BCUT2D eigenvalue weighted by Crippen LogP contribution is 2.32. The maximum absolute atomic E-state index is 10.5. The number of rotatable bonds is 3. The molecule has 0 amide bonds. The fourth-order valence-electron chi connectivity index (χ4n) is 2.38. The zero-order valence-corrected chi connectivity index (χ0v) is 9.03. The molecule has 1 aromatic rings. The molecule has 0 radical (unpaired) electrons. The van der Waals surface area contributed by atoms with Crippen LogP contribution in [0.25, 0.3) is 0 Å². The first kappa shape index (κ1) is 10.2. The molecule has 0 saturated heterocycles. The van der Waals surface area contributed by atoms with Crippen molar-refractivity contribution in [3.05, 3.63) is 29.3 Å². The van der Waals surface area contributed by atoms with Crippen molar-refractivity contribution in [1.82, 2.24) is 0 Å². The van der Waals surface area contributed by atoms with Crippen LogP contribution in [0.1, 0.15) is 24.0 Å². The average Bonchev–Trinajstić information content (AvgIpc) is 2.28. The summed E-state index contributed by atoms with van der Waals surface area (Å²) in [5.41, 5.74) is 2.69. The summed E-state index contributed by atoms with van der Waals surface area (Å²) in [6.45, 7) is 0. The topological polar surface area (TPSA) is 26.3 Å². The Morgan fingerprint density at radius 3 is 3.13 bits per heavy atom. The van der Waals surface area contributed by atoms with E-state index in [4.69, 9.17) is 4.74 Å². The van der Waals surface area contributed by atoms with Crippen LogP contribution in [0.3, 0.4) is 0 Å². The van der Waals surface area contributed by atoms with E-state index < -0.39 is 0 Å². The molecular weight excluding hydrogens is 188 g/mol. The summed E-state index contributed by atoms with van der Waals surface area (Å²) in [7, 11) is 1.72. The van der Waals surface area contributed by atoms with Gasteiger partial charge in [0.15, 0.2) is 0 Å².